The maximum absolute atomic E-state index is 4.67. The molecule has 0 aliphatic heterocycles. The lowest BCUT2D eigenvalue weighted by Crippen LogP contribution is -1.92. The Labute approximate surface area is 147 Å². The Morgan fingerprint density at radius 1 is 0.917 bits per heavy atom. The fourth-order valence-corrected chi connectivity index (χ4v) is 4.02. The molecule has 118 valence electrons. The number of nitrogens with zero attached hydrogens (tertiary/aromatic N) is 3. The Morgan fingerprint density at radius 3 is 2.58 bits per heavy atom. The highest BCUT2D eigenvalue weighted by atomic mass is 32.1. The van der Waals surface area contributed by atoms with Crippen LogP contribution in [0.1, 0.15) is 5.56 Å². The van der Waals surface area contributed by atoms with E-state index in [-0.39, 0.29) is 0 Å². The number of rotatable bonds is 4. The molecule has 0 fully saturated rings. The molecule has 4 aromatic heterocycles. The zero-order valence-electron chi connectivity index (χ0n) is 12.9. The molecule has 4 rings (SSSR count). The molecule has 0 aromatic carbocycles. The van der Waals surface area contributed by atoms with Gasteiger partial charge in [-0.2, -0.15) is 0 Å². The molecule has 0 atom stereocenters. The van der Waals surface area contributed by atoms with Gasteiger partial charge in [-0.15, -0.1) is 22.7 Å². The largest absolute Gasteiger partial charge is 0.316 e. The molecule has 0 radical (unpaired) electrons. The maximum atomic E-state index is 4.67. The second-order valence-electron chi connectivity index (χ2n) is 5.26. The summed E-state index contributed by atoms with van der Waals surface area (Å²) in [5.41, 5.74) is 3.14. The monoisotopic (exact) mass is 350 g/mol. The predicted molar refractivity (Wildman–Crippen MR) is 101 cm³/mol. The van der Waals surface area contributed by atoms with Crippen LogP contribution in [0, 0.1) is 6.92 Å². The number of aromatic nitrogens is 3. The summed E-state index contributed by atoms with van der Waals surface area (Å²) in [6.45, 7) is 2.05. The molecular weight excluding hydrogens is 336 g/mol. The SMILES string of the molecule is Cc1ccnc(Nc2nc(-c3ccc(-c4ccccn4)s3)cs2)c1. The van der Waals surface area contributed by atoms with Crippen molar-refractivity contribution in [2.75, 3.05) is 5.32 Å². The Morgan fingerprint density at radius 2 is 1.79 bits per heavy atom. The van der Waals surface area contributed by atoms with Crippen molar-refractivity contribution >= 4 is 33.6 Å². The Hall–Kier alpha value is -2.57. The van der Waals surface area contributed by atoms with Crippen LogP contribution in [0.2, 0.25) is 0 Å². The van der Waals surface area contributed by atoms with E-state index in [2.05, 4.69) is 37.8 Å². The molecule has 24 heavy (non-hydrogen) atoms. The van der Waals surface area contributed by atoms with Gasteiger partial charge in [0.25, 0.3) is 0 Å². The van der Waals surface area contributed by atoms with Crippen LogP contribution in [0.15, 0.2) is 60.2 Å². The van der Waals surface area contributed by atoms with E-state index in [1.54, 1.807) is 28.9 Å². The lowest BCUT2D eigenvalue weighted by Gasteiger charge is -2.01. The molecule has 4 heterocycles. The van der Waals surface area contributed by atoms with Crippen LogP contribution in [-0.2, 0) is 0 Å². The summed E-state index contributed by atoms with van der Waals surface area (Å²) in [6.07, 6.45) is 3.61. The summed E-state index contributed by atoms with van der Waals surface area (Å²) in [7, 11) is 0. The minimum absolute atomic E-state index is 0.816. The normalized spacial score (nSPS) is 10.7. The number of pyridine rings is 2. The highest BCUT2D eigenvalue weighted by Crippen LogP contribution is 2.35. The number of hydrogen-bond acceptors (Lipinski definition) is 6. The van der Waals surface area contributed by atoms with Crippen molar-refractivity contribution in [3.05, 3.63) is 65.8 Å². The zero-order valence-corrected chi connectivity index (χ0v) is 14.6. The van der Waals surface area contributed by atoms with E-state index < -0.39 is 0 Å². The van der Waals surface area contributed by atoms with E-state index in [9.17, 15) is 0 Å². The minimum Gasteiger partial charge on any atom is -0.316 e. The van der Waals surface area contributed by atoms with E-state index in [4.69, 9.17) is 0 Å². The molecule has 1 N–H and O–H groups in total. The summed E-state index contributed by atoms with van der Waals surface area (Å²) in [4.78, 5) is 15.7. The standard InChI is InChI=1S/C18H14N4S2/c1-12-7-9-20-17(10-12)22-18-21-14(11-23-18)16-6-5-15(24-16)13-4-2-3-8-19-13/h2-11H,1H3,(H,20,21,22). The summed E-state index contributed by atoms with van der Waals surface area (Å²) >= 11 is 3.28. The van der Waals surface area contributed by atoms with E-state index >= 15 is 0 Å². The number of thiophene rings is 1. The quantitative estimate of drug-likeness (QED) is 0.537. The van der Waals surface area contributed by atoms with Crippen molar-refractivity contribution in [2.24, 2.45) is 0 Å². The van der Waals surface area contributed by atoms with Crippen molar-refractivity contribution in [1.29, 1.82) is 0 Å². The topological polar surface area (TPSA) is 50.7 Å². The van der Waals surface area contributed by atoms with Crippen molar-refractivity contribution in [3.63, 3.8) is 0 Å². The Bertz CT molecular complexity index is 960. The number of hydrogen-bond donors (Lipinski definition) is 1. The van der Waals surface area contributed by atoms with E-state index in [1.165, 1.54) is 5.56 Å². The molecule has 0 aliphatic rings. The van der Waals surface area contributed by atoms with Crippen LogP contribution < -0.4 is 5.32 Å². The lowest BCUT2D eigenvalue weighted by atomic mass is 10.3. The average Bonchev–Trinajstić information content (AvgIpc) is 3.25. The van der Waals surface area contributed by atoms with Gasteiger partial charge in [-0.25, -0.2) is 9.97 Å². The van der Waals surface area contributed by atoms with Gasteiger partial charge in [-0.1, -0.05) is 6.07 Å². The first-order valence-corrected chi connectivity index (χ1v) is 9.14. The number of nitrogens with one attached hydrogen (secondary N) is 1. The zero-order chi connectivity index (χ0) is 16.4. The fourth-order valence-electron chi connectivity index (χ4n) is 2.28. The van der Waals surface area contributed by atoms with Gasteiger partial charge in [0.05, 0.1) is 21.1 Å². The molecule has 0 bridgehead atoms. The third-order valence-electron chi connectivity index (χ3n) is 3.43. The van der Waals surface area contributed by atoms with Crippen LogP contribution in [0.25, 0.3) is 21.1 Å². The summed E-state index contributed by atoms with van der Waals surface area (Å²) in [6, 6.07) is 14.1. The maximum Gasteiger partial charge on any atom is 0.188 e. The Balaban J connectivity index is 1.56. The van der Waals surface area contributed by atoms with E-state index in [1.807, 2.05) is 43.5 Å². The third kappa shape index (κ3) is 3.20. The number of aryl methyl sites for hydroxylation is 1. The highest BCUT2D eigenvalue weighted by Gasteiger charge is 2.09. The molecule has 4 nitrogen and oxygen atoms in total. The van der Waals surface area contributed by atoms with Crippen molar-refractivity contribution in [3.8, 4) is 21.1 Å². The predicted octanol–water partition coefficient (Wildman–Crippen LogP) is 5.38. The van der Waals surface area contributed by atoms with Crippen molar-refractivity contribution in [2.45, 2.75) is 6.92 Å². The number of anilines is 2. The van der Waals surface area contributed by atoms with Gasteiger partial charge in [0, 0.05) is 17.8 Å². The first kappa shape index (κ1) is 15.0. The van der Waals surface area contributed by atoms with Gasteiger partial charge >= 0.3 is 0 Å². The summed E-state index contributed by atoms with van der Waals surface area (Å²) in [5.74, 6) is 0.816. The van der Waals surface area contributed by atoms with Gasteiger partial charge in [-0.3, -0.25) is 4.98 Å². The first-order chi connectivity index (χ1) is 11.8. The molecule has 0 unspecified atom stereocenters. The summed E-state index contributed by atoms with van der Waals surface area (Å²) in [5, 5.41) is 6.17. The van der Waals surface area contributed by atoms with Crippen LogP contribution >= 0.6 is 22.7 Å². The first-order valence-electron chi connectivity index (χ1n) is 7.45. The van der Waals surface area contributed by atoms with Gasteiger partial charge in [-0.05, 0) is 48.9 Å². The van der Waals surface area contributed by atoms with E-state index in [0.29, 0.717) is 0 Å². The molecule has 0 spiro atoms. The molecule has 0 saturated heterocycles. The minimum atomic E-state index is 0.816. The molecule has 0 amide bonds. The summed E-state index contributed by atoms with van der Waals surface area (Å²) < 4.78 is 0. The van der Waals surface area contributed by atoms with Crippen LogP contribution in [-0.4, -0.2) is 15.0 Å². The van der Waals surface area contributed by atoms with Gasteiger partial charge in [0.1, 0.15) is 5.82 Å². The molecule has 6 heteroatoms. The second kappa shape index (κ2) is 6.51. The van der Waals surface area contributed by atoms with E-state index in [0.717, 1.165) is 32.1 Å². The fraction of sp³-hybridized carbons (Fsp3) is 0.0556. The second-order valence-corrected chi connectivity index (χ2v) is 7.20. The smallest absolute Gasteiger partial charge is 0.188 e. The third-order valence-corrected chi connectivity index (χ3v) is 5.32. The molecule has 4 aromatic rings. The average molecular weight is 350 g/mol. The van der Waals surface area contributed by atoms with Crippen LogP contribution in [0.3, 0.4) is 0 Å². The molecular formula is C18H14N4S2. The number of thiazole rings is 1. The van der Waals surface area contributed by atoms with Crippen molar-refractivity contribution in [1.82, 2.24) is 15.0 Å². The van der Waals surface area contributed by atoms with Gasteiger partial charge in [0.2, 0.25) is 0 Å². The van der Waals surface area contributed by atoms with Gasteiger partial charge < -0.3 is 5.32 Å². The van der Waals surface area contributed by atoms with Gasteiger partial charge in [0.15, 0.2) is 5.13 Å². The van der Waals surface area contributed by atoms with Crippen LogP contribution in [0.4, 0.5) is 10.9 Å². The lowest BCUT2D eigenvalue weighted by molar-refractivity contribution is 1.26. The molecule has 0 aliphatic carbocycles. The Kier molecular flexibility index (Phi) is 4.06. The van der Waals surface area contributed by atoms with Crippen LogP contribution in [0.5, 0.6) is 0 Å². The molecule has 0 saturated carbocycles. The van der Waals surface area contributed by atoms with Crippen molar-refractivity contribution < 1.29 is 0 Å². The highest BCUT2D eigenvalue weighted by molar-refractivity contribution is 7.19.